The van der Waals surface area contributed by atoms with Gasteiger partial charge in [0.05, 0.1) is 7.11 Å². The molecule has 0 saturated heterocycles. The van der Waals surface area contributed by atoms with Crippen molar-refractivity contribution >= 4 is 17.5 Å². The molecule has 5 nitrogen and oxygen atoms in total. The molecule has 1 rings (SSSR count). The van der Waals surface area contributed by atoms with E-state index < -0.39 is 23.5 Å². The molecule has 0 radical (unpaired) electrons. The van der Waals surface area contributed by atoms with Crippen molar-refractivity contribution in [1.82, 2.24) is 0 Å². The Hall–Kier alpha value is -2.17. The molecule has 0 aliphatic rings. The van der Waals surface area contributed by atoms with Crippen LogP contribution in [-0.2, 0) is 19.1 Å². The number of methoxy groups -OCH3 is 1. The van der Waals surface area contributed by atoms with E-state index in [1.54, 1.807) is 24.3 Å². The molecular weight excluding hydrogens is 236 g/mol. The minimum absolute atomic E-state index is 0.344. The van der Waals surface area contributed by atoms with Crippen molar-refractivity contribution in [2.45, 2.75) is 6.92 Å². The van der Waals surface area contributed by atoms with Gasteiger partial charge in [-0.15, -0.1) is 0 Å². The maximum atomic E-state index is 11.7. The summed E-state index contributed by atoms with van der Waals surface area (Å²) >= 11 is 0. The van der Waals surface area contributed by atoms with Crippen molar-refractivity contribution in [3.8, 4) is 5.75 Å². The number of Topliss-reactive ketones (excluding diaryl/α,β-unsaturated/α-hetero) is 2. The van der Waals surface area contributed by atoms with E-state index in [9.17, 15) is 14.4 Å². The molecule has 0 saturated carbocycles. The van der Waals surface area contributed by atoms with Crippen LogP contribution in [0.3, 0.4) is 0 Å². The Bertz CT molecular complexity index is 438. The molecule has 1 unspecified atom stereocenters. The summed E-state index contributed by atoms with van der Waals surface area (Å²) in [6, 6.07) is 8.66. The van der Waals surface area contributed by atoms with Gasteiger partial charge in [0.2, 0.25) is 0 Å². The molecule has 1 aromatic rings. The van der Waals surface area contributed by atoms with Gasteiger partial charge in [-0.05, 0) is 19.1 Å². The fraction of sp³-hybridized carbons (Fsp3) is 0.308. The zero-order chi connectivity index (χ0) is 13.5. The Balaban J connectivity index is 2.63. The molecule has 1 aromatic carbocycles. The lowest BCUT2D eigenvalue weighted by molar-refractivity contribution is -0.153. The molecule has 0 heterocycles. The van der Waals surface area contributed by atoms with E-state index in [-0.39, 0.29) is 6.61 Å². The van der Waals surface area contributed by atoms with Crippen LogP contribution in [0, 0.1) is 5.92 Å². The predicted octanol–water partition coefficient (Wildman–Crippen LogP) is 1.01. The molecular formula is C13H14O5. The average Bonchev–Trinajstić information content (AvgIpc) is 2.37. The standard InChI is InChI=1S/C13H14O5/c1-9(14)12(13(16)17-2)11(15)8-18-10-6-4-3-5-7-10/h3-7,12H,8H2,1-2H3. The van der Waals surface area contributed by atoms with Crippen LogP contribution in [0.1, 0.15) is 6.92 Å². The van der Waals surface area contributed by atoms with Crippen molar-refractivity contribution in [2.24, 2.45) is 5.92 Å². The van der Waals surface area contributed by atoms with Crippen LogP contribution in [0.2, 0.25) is 0 Å². The number of esters is 1. The van der Waals surface area contributed by atoms with Crippen LogP contribution in [0.15, 0.2) is 30.3 Å². The number of hydrogen-bond donors (Lipinski definition) is 0. The van der Waals surface area contributed by atoms with Crippen LogP contribution < -0.4 is 4.74 Å². The van der Waals surface area contributed by atoms with Crippen molar-refractivity contribution in [3.05, 3.63) is 30.3 Å². The molecule has 0 aliphatic heterocycles. The van der Waals surface area contributed by atoms with Crippen LogP contribution in [0.4, 0.5) is 0 Å². The van der Waals surface area contributed by atoms with Crippen molar-refractivity contribution in [1.29, 1.82) is 0 Å². The molecule has 1 atom stereocenters. The second kappa shape index (κ2) is 6.54. The number of ketones is 2. The van der Waals surface area contributed by atoms with E-state index in [2.05, 4.69) is 4.74 Å². The lowest BCUT2D eigenvalue weighted by atomic mass is 10.0. The highest BCUT2D eigenvalue weighted by Gasteiger charge is 2.32. The van der Waals surface area contributed by atoms with E-state index >= 15 is 0 Å². The predicted molar refractivity (Wildman–Crippen MR) is 63.1 cm³/mol. The highest BCUT2D eigenvalue weighted by atomic mass is 16.5. The summed E-state index contributed by atoms with van der Waals surface area (Å²) in [6.45, 7) is 0.825. The highest BCUT2D eigenvalue weighted by Crippen LogP contribution is 2.10. The topological polar surface area (TPSA) is 69.7 Å². The normalized spacial score (nSPS) is 11.4. The summed E-state index contributed by atoms with van der Waals surface area (Å²) in [7, 11) is 1.13. The molecule has 0 aromatic heterocycles. The van der Waals surface area contributed by atoms with Gasteiger partial charge in [-0.25, -0.2) is 0 Å². The third-order valence-corrected chi connectivity index (χ3v) is 2.29. The van der Waals surface area contributed by atoms with Gasteiger partial charge in [0.25, 0.3) is 0 Å². The number of hydrogen-bond acceptors (Lipinski definition) is 5. The first kappa shape index (κ1) is 13.9. The second-order valence-electron chi connectivity index (χ2n) is 3.63. The summed E-state index contributed by atoms with van der Waals surface area (Å²) in [5.74, 6) is -2.93. The lowest BCUT2D eigenvalue weighted by Crippen LogP contribution is -2.34. The molecule has 0 bridgehead atoms. The van der Waals surface area contributed by atoms with Crippen LogP contribution >= 0.6 is 0 Å². The van der Waals surface area contributed by atoms with Gasteiger partial charge in [0.1, 0.15) is 12.4 Å². The Labute approximate surface area is 105 Å². The van der Waals surface area contributed by atoms with Gasteiger partial charge < -0.3 is 9.47 Å². The number of para-hydroxylation sites is 1. The molecule has 0 aliphatic carbocycles. The van der Waals surface area contributed by atoms with Crippen LogP contribution in [0.5, 0.6) is 5.75 Å². The molecule has 0 fully saturated rings. The Morgan fingerprint density at radius 1 is 1.17 bits per heavy atom. The van der Waals surface area contributed by atoms with Crippen LogP contribution in [-0.4, -0.2) is 31.3 Å². The van der Waals surface area contributed by atoms with Gasteiger partial charge in [0.15, 0.2) is 17.5 Å². The number of ether oxygens (including phenoxy) is 2. The van der Waals surface area contributed by atoms with Gasteiger partial charge in [-0.1, -0.05) is 18.2 Å². The Kier molecular flexibility index (Phi) is 5.05. The SMILES string of the molecule is COC(=O)C(C(C)=O)C(=O)COc1ccccc1. The summed E-state index contributed by atoms with van der Waals surface area (Å²) < 4.78 is 9.59. The number of rotatable bonds is 6. The third kappa shape index (κ3) is 3.69. The van der Waals surface area contributed by atoms with E-state index in [1.807, 2.05) is 6.07 Å². The first-order chi connectivity index (χ1) is 8.56. The van der Waals surface area contributed by atoms with Gasteiger partial charge >= 0.3 is 5.97 Å². The van der Waals surface area contributed by atoms with E-state index in [0.717, 1.165) is 7.11 Å². The quantitative estimate of drug-likeness (QED) is 0.556. The maximum Gasteiger partial charge on any atom is 0.323 e. The minimum atomic E-state index is -1.40. The van der Waals surface area contributed by atoms with E-state index in [1.165, 1.54) is 6.92 Å². The van der Waals surface area contributed by atoms with E-state index in [4.69, 9.17) is 4.74 Å². The molecule has 96 valence electrons. The lowest BCUT2D eigenvalue weighted by Gasteiger charge is -2.11. The summed E-state index contributed by atoms with van der Waals surface area (Å²) in [5, 5.41) is 0. The smallest absolute Gasteiger partial charge is 0.323 e. The van der Waals surface area contributed by atoms with Crippen molar-refractivity contribution < 1.29 is 23.9 Å². The Morgan fingerprint density at radius 2 is 1.78 bits per heavy atom. The van der Waals surface area contributed by atoms with Crippen LogP contribution in [0.25, 0.3) is 0 Å². The van der Waals surface area contributed by atoms with Crippen molar-refractivity contribution in [2.75, 3.05) is 13.7 Å². The zero-order valence-electron chi connectivity index (χ0n) is 10.2. The molecule has 5 heteroatoms. The molecule has 18 heavy (non-hydrogen) atoms. The summed E-state index contributed by atoms with van der Waals surface area (Å²) in [5.41, 5.74) is 0. The van der Waals surface area contributed by atoms with Gasteiger partial charge in [-0.3, -0.25) is 14.4 Å². The minimum Gasteiger partial charge on any atom is -0.486 e. The second-order valence-corrected chi connectivity index (χ2v) is 3.63. The molecule has 0 N–H and O–H groups in total. The van der Waals surface area contributed by atoms with Gasteiger partial charge in [-0.2, -0.15) is 0 Å². The fourth-order valence-electron chi connectivity index (χ4n) is 1.40. The fourth-order valence-corrected chi connectivity index (χ4v) is 1.40. The summed E-state index contributed by atoms with van der Waals surface area (Å²) in [4.78, 5) is 34.2. The molecule has 0 spiro atoms. The maximum absolute atomic E-state index is 11.7. The highest BCUT2D eigenvalue weighted by molar-refractivity contribution is 6.16. The number of benzene rings is 1. The molecule has 0 amide bonds. The third-order valence-electron chi connectivity index (χ3n) is 2.29. The first-order valence-electron chi connectivity index (χ1n) is 5.35. The first-order valence-corrected chi connectivity index (χ1v) is 5.35. The number of carbonyl (C=O) groups excluding carboxylic acids is 3. The van der Waals surface area contributed by atoms with Gasteiger partial charge in [0, 0.05) is 0 Å². The average molecular weight is 250 g/mol. The monoisotopic (exact) mass is 250 g/mol. The largest absolute Gasteiger partial charge is 0.486 e. The number of carbonyl (C=O) groups is 3. The zero-order valence-corrected chi connectivity index (χ0v) is 10.2. The van der Waals surface area contributed by atoms with Crippen molar-refractivity contribution in [3.63, 3.8) is 0 Å². The summed E-state index contributed by atoms with van der Waals surface area (Å²) in [6.07, 6.45) is 0. The Morgan fingerprint density at radius 3 is 2.28 bits per heavy atom. The van der Waals surface area contributed by atoms with E-state index in [0.29, 0.717) is 5.75 Å².